The minimum atomic E-state index is -4.78. The largest absolute Gasteiger partial charge is 0.419 e. The quantitative estimate of drug-likeness (QED) is 0.422. The van der Waals surface area contributed by atoms with Crippen LogP contribution in [0.2, 0.25) is 0 Å². The van der Waals surface area contributed by atoms with Crippen molar-refractivity contribution in [3.63, 3.8) is 0 Å². The fourth-order valence-electron chi connectivity index (χ4n) is 2.78. The van der Waals surface area contributed by atoms with Crippen LogP contribution in [-0.4, -0.2) is 34.1 Å². The number of H-pyrrole nitrogens is 1. The third-order valence-electron chi connectivity index (χ3n) is 4.29. The van der Waals surface area contributed by atoms with Crippen LogP contribution in [0.3, 0.4) is 0 Å². The number of benzene rings is 1. The number of nitrogens with zero attached hydrogens (tertiary/aromatic N) is 1. The summed E-state index contributed by atoms with van der Waals surface area (Å²) in [6, 6.07) is 4.90. The standard InChI is InChI=1S/C19H18F4N4O2S/c20-13-7-10(1-2-12(13)19(21,22)23)14-3-4-15(26-14)17(29)27-16(8-24)18-25-11(5-6-28)9-30-18/h1-4,7,9,16,26,28H,5-6,8,24H2,(H,27,29). The molecule has 2 heterocycles. The first-order valence-corrected chi connectivity index (χ1v) is 9.73. The number of carbonyl (C=O) groups excluding carboxylic acids is 1. The van der Waals surface area contributed by atoms with Crippen molar-refractivity contribution < 1.29 is 27.5 Å². The predicted molar refractivity (Wildman–Crippen MR) is 103 cm³/mol. The number of thiazole rings is 1. The topological polar surface area (TPSA) is 104 Å². The number of aliphatic hydroxyl groups excluding tert-OH is 1. The number of aromatic nitrogens is 2. The highest BCUT2D eigenvalue weighted by Crippen LogP contribution is 2.33. The summed E-state index contributed by atoms with van der Waals surface area (Å²) >= 11 is 1.31. The van der Waals surface area contributed by atoms with Crippen molar-refractivity contribution in [1.82, 2.24) is 15.3 Å². The van der Waals surface area contributed by atoms with E-state index in [0.717, 1.165) is 12.1 Å². The third-order valence-corrected chi connectivity index (χ3v) is 5.30. The first-order chi connectivity index (χ1) is 14.2. The molecule has 0 saturated carbocycles. The molecule has 0 saturated heterocycles. The van der Waals surface area contributed by atoms with Crippen LogP contribution in [0, 0.1) is 5.82 Å². The second-order valence-electron chi connectivity index (χ2n) is 6.39. The number of nitrogens with two attached hydrogens (primary N) is 1. The smallest absolute Gasteiger partial charge is 0.396 e. The van der Waals surface area contributed by atoms with E-state index < -0.39 is 29.5 Å². The summed E-state index contributed by atoms with van der Waals surface area (Å²) in [5, 5.41) is 14.1. The van der Waals surface area contributed by atoms with Gasteiger partial charge in [0.05, 0.1) is 17.3 Å². The lowest BCUT2D eigenvalue weighted by Crippen LogP contribution is -2.33. The molecule has 11 heteroatoms. The summed E-state index contributed by atoms with van der Waals surface area (Å²) in [5.74, 6) is -1.89. The van der Waals surface area contributed by atoms with Gasteiger partial charge in [0.25, 0.3) is 5.91 Å². The number of aromatic amines is 1. The SMILES string of the molecule is NCC(NC(=O)c1ccc(-c2ccc(C(F)(F)F)c(F)c2)[nH]1)c1nc(CCO)cs1. The molecule has 0 spiro atoms. The van der Waals surface area contributed by atoms with Crippen molar-refractivity contribution in [1.29, 1.82) is 0 Å². The molecule has 0 aliphatic rings. The molecule has 0 aliphatic carbocycles. The molecule has 0 bridgehead atoms. The van der Waals surface area contributed by atoms with Crippen LogP contribution >= 0.6 is 11.3 Å². The third kappa shape index (κ3) is 4.86. The highest BCUT2D eigenvalue weighted by molar-refractivity contribution is 7.09. The molecule has 160 valence electrons. The van der Waals surface area contributed by atoms with Gasteiger partial charge in [-0.1, -0.05) is 6.07 Å². The van der Waals surface area contributed by atoms with E-state index in [0.29, 0.717) is 23.2 Å². The highest BCUT2D eigenvalue weighted by atomic mass is 32.1. The summed E-state index contributed by atoms with van der Waals surface area (Å²) in [5.41, 5.74) is 5.66. The van der Waals surface area contributed by atoms with Crippen LogP contribution in [0.1, 0.15) is 32.8 Å². The van der Waals surface area contributed by atoms with Crippen LogP contribution < -0.4 is 11.1 Å². The van der Waals surface area contributed by atoms with E-state index >= 15 is 0 Å². The molecule has 0 radical (unpaired) electrons. The van der Waals surface area contributed by atoms with Gasteiger partial charge in [0.15, 0.2) is 0 Å². The second-order valence-corrected chi connectivity index (χ2v) is 7.28. The van der Waals surface area contributed by atoms with E-state index in [1.807, 2.05) is 0 Å². The van der Waals surface area contributed by atoms with Crippen LogP contribution in [0.25, 0.3) is 11.3 Å². The number of nitrogens with one attached hydrogen (secondary N) is 2. The highest BCUT2D eigenvalue weighted by Gasteiger charge is 2.34. The van der Waals surface area contributed by atoms with E-state index in [-0.39, 0.29) is 30.1 Å². The van der Waals surface area contributed by atoms with Crippen LogP contribution in [0.4, 0.5) is 17.6 Å². The van der Waals surface area contributed by atoms with E-state index in [2.05, 4.69) is 15.3 Å². The van der Waals surface area contributed by atoms with Gasteiger partial charge in [0.2, 0.25) is 0 Å². The van der Waals surface area contributed by atoms with Crippen molar-refractivity contribution in [2.75, 3.05) is 13.2 Å². The van der Waals surface area contributed by atoms with Gasteiger partial charge in [-0.3, -0.25) is 4.79 Å². The first-order valence-electron chi connectivity index (χ1n) is 8.85. The molecule has 1 atom stereocenters. The molecule has 0 fully saturated rings. The number of hydrogen-bond donors (Lipinski definition) is 4. The lowest BCUT2D eigenvalue weighted by atomic mass is 10.1. The second kappa shape index (κ2) is 8.94. The van der Waals surface area contributed by atoms with Gasteiger partial charge >= 0.3 is 6.18 Å². The van der Waals surface area contributed by atoms with Gasteiger partial charge in [0.1, 0.15) is 16.5 Å². The summed E-state index contributed by atoms with van der Waals surface area (Å²) in [4.78, 5) is 19.6. The fourth-order valence-corrected chi connectivity index (χ4v) is 3.69. The van der Waals surface area contributed by atoms with Crippen LogP contribution in [0.5, 0.6) is 0 Å². The Balaban J connectivity index is 1.75. The van der Waals surface area contributed by atoms with E-state index in [4.69, 9.17) is 10.8 Å². The summed E-state index contributed by atoms with van der Waals surface area (Å²) < 4.78 is 51.9. The summed E-state index contributed by atoms with van der Waals surface area (Å²) in [7, 11) is 0. The molecule has 0 aliphatic heterocycles. The van der Waals surface area contributed by atoms with Gasteiger partial charge in [-0.25, -0.2) is 9.37 Å². The number of alkyl halides is 3. The van der Waals surface area contributed by atoms with E-state index in [1.54, 1.807) is 5.38 Å². The molecular formula is C19H18F4N4O2S. The van der Waals surface area contributed by atoms with E-state index in [1.165, 1.54) is 23.5 Å². The Bertz CT molecular complexity index is 1030. The van der Waals surface area contributed by atoms with Crippen molar-refractivity contribution in [3.05, 3.63) is 63.5 Å². The Morgan fingerprint density at radius 2 is 2.07 bits per heavy atom. The van der Waals surface area contributed by atoms with Gasteiger partial charge in [-0.05, 0) is 24.3 Å². The molecule has 2 aromatic heterocycles. The number of aliphatic hydroxyl groups is 1. The average Bonchev–Trinajstić information content (AvgIpc) is 3.35. The normalized spacial score (nSPS) is 12.7. The number of rotatable bonds is 7. The fraction of sp³-hybridized carbons (Fsp3) is 0.263. The monoisotopic (exact) mass is 442 g/mol. The van der Waals surface area contributed by atoms with Crippen molar-refractivity contribution in [3.8, 4) is 11.3 Å². The molecule has 1 unspecified atom stereocenters. The van der Waals surface area contributed by atoms with Gasteiger partial charge in [-0.15, -0.1) is 11.3 Å². The Kier molecular flexibility index (Phi) is 6.54. The Morgan fingerprint density at radius 1 is 1.30 bits per heavy atom. The minimum absolute atomic E-state index is 0.0430. The van der Waals surface area contributed by atoms with Gasteiger partial charge in [-0.2, -0.15) is 13.2 Å². The molecule has 3 rings (SSSR count). The lowest BCUT2D eigenvalue weighted by molar-refractivity contribution is -0.139. The Morgan fingerprint density at radius 3 is 2.70 bits per heavy atom. The number of hydrogen-bond acceptors (Lipinski definition) is 5. The average molecular weight is 442 g/mol. The number of carbonyl (C=O) groups is 1. The molecule has 3 aromatic rings. The first kappa shape index (κ1) is 21.9. The van der Waals surface area contributed by atoms with Crippen molar-refractivity contribution >= 4 is 17.2 Å². The van der Waals surface area contributed by atoms with E-state index in [9.17, 15) is 22.4 Å². The molecule has 6 nitrogen and oxygen atoms in total. The maximum absolute atomic E-state index is 13.8. The Hall–Kier alpha value is -2.76. The molecule has 1 aromatic carbocycles. The predicted octanol–water partition coefficient (Wildman–Crippen LogP) is 3.26. The van der Waals surface area contributed by atoms with Crippen molar-refractivity contribution in [2.24, 2.45) is 5.73 Å². The summed E-state index contributed by atoms with van der Waals surface area (Å²) in [6.45, 7) is 0.0497. The van der Waals surface area contributed by atoms with Crippen LogP contribution in [0.15, 0.2) is 35.7 Å². The zero-order chi connectivity index (χ0) is 21.9. The summed E-state index contributed by atoms with van der Waals surface area (Å²) in [6.07, 6.45) is -4.39. The zero-order valence-corrected chi connectivity index (χ0v) is 16.3. The maximum atomic E-state index is 13.8. The van der Waals surface area contributed by atoms with Gasteiger partial charge < -0.3 is 21.1 Å². The van der Waals surface area contributed by atoms with Crippen LogP contribution in [-0.2, 0) is 12.6 Å². The minimum Gasteiger partial charge on any atom is -0.396 e. The maximum Gasteiger partial charge on any atom is 0.419 e. The lowest BCUT2D eigenvalue weighted by Gasteiger charge is -2.13. The molecular weight excluding hydrogens is 424 g/mol. The van der Waals surface area contributed by atoms with Crippen molar-refractivity contribution in [2.45, 2.75) is 18.6 Å². The number of halogens is 4. The molecule has 1 amide bonds. The molecule has 30 heavy (non-hydrogen) atoms. The van der Waals surface area contributed by atoms with Gasteiger partial charge in [0, 0.05) is 36.2 Å². The molecule has 5 N–H and O–H groups in total. The Labute approximate surface area is 172 Å². The number of amides is 1. The zero-order valence-electron chi connectivity index (χ0n) is 15.5.